The van der Waals surface area contributed by atoms with Gasteiger partial charge in [0.25, 0.3) is 5.91 Å². The Morgan fingerprint density at radius 1 is 1.15 bits per heavy atom. The maximum absolute atomic E-state index is 12.2. The lowest BCUT2D eigenvalue weighted by Gasteiger charge is -2.15. The Morgan fingerprint density at radius 3 is 2.30 bits per heavy atom. The maximum atomic E-state index is 12.2. The molecule has 1 heterocycles. The van der Waals surface area contributed by atoms with Crippen molar-refractivity contribution < 1.29 is 9.59 Å². The van der Waals surface area contributed by atoms with Crippen molar-refractivity contribution in [2.24, 2.45) is 5.92 Å². The maximum Gasteiger partial charge on any atom is 0.253 e. The van der Waals surface area contributed by atoms with E-state index in [0.717, 1.165) is 37.1 Å². The molecule has 0 aliphatic carbocycles. The number of nitrogens with zero attached hydrogens (tertiary/aromatic N) is 1. The molecule has 1 aromatic carbocycles. The van der Waals surface area contributed by atoms with Crippen molar-refractivity contribution in [2.75, 3.05) is 13.1 Å². The highest BCUT2D eigenvalue weighted by atomic mass is 16.2. The van der Waals surface area contributed by atoms with Crippen molar-refractivity contribution in [2.45, 2.75) is 33.2 Å². The fourth-order valence-corrected chi connectivity index (χ4v) is 2.26. The SMILES string of the molecule is CC(C)C(=O)NCc1ccc(C(=O)N2CCCC2)cc1. The summed E-state index contributed by atoms with van der Waals surface area (Å²) >= 11 is 0. The van der Waals surface area contributed by atoms with Crippen LogP contribution in [0.5, 0.6) is 0 Å². The molecule has 4 nitrogen and oxygen atoms in total. The molecule has 0 unspecified atom stereocenters. The molecular weight excluding hydrogens is 252 g/mol. The number of amides is 2. The zero-order valence-corrected chi connectivity index (χ0v) is 12.2. The number of nitrogens with one attached hydrogen (secondary N) is 1. The molecule has 2 amide bonds. The zero-order valence-electron chi connectivity index (χ0n) is 12.2. The monoisotopic (exact) mass is 274 g/mol. The second kappa shape index (κ2) is 6.55. The highest BCUT2D eigenvalue weighted by molar-refractivity contribution is 5.94. The van der Waals surface area contributed by atoms with E-state index in [9.17, 15) is 9.59 Å². The molecule has 0 bridgehead atoms. The highest BCUT2D eigenvalue weighted by Crippen LogP contribution is 2.13. The fraction of sp³-hybridized carbons (Fsp3) is 0.500. The van der Waals surface area contributed by atoms with E-state index < -0.39 is 0 Å². The van der Waals surface area contributed by atoms with Gasteiger partial charge in [0.2, 0.25) is 5.91 Å². The lowest BCUT2D eigenvalue weighted by molar-refractivity contribution is -0.124. The summed E-state index contributed by atoms with van der Waals surface area (Å²) in [5.74, 6) is 0.147. The van der Waals surface area contributed by atoms with Crippen LogP contribution in [-0.2, 0) is 11.3 Å². The molecule has 20 heavy (non-hydrogen) atoms. The van der Waals surface area contributed by atoms with Crippen LogP contribution < -0.4 is 5.32 Å². The zero-order chi connectivity index (χ0) is 14.5. The van der Waals surface area contributed by atoms with Gasteiger partial charge in [-0.3, -0.25) is 9.59 Å². The fourth-order valence-electron chi connectivity index (χ4n) is 2.26. The van der Waals surface area contributed by atoms with Crippen LogP contribution >= 0.6 is 0 Å². The predicted octanol–water partition coefficient (Wildman–Crippen LogP) is 2.19. The summed E-state index contributed by atoms with van der Waals surface area (Å²) in [5, 5.41) is 2.87. The molecule has 1 N–H and O–H groups in total. The first-order valence-corrected chi connectivity index (χ1v) is 7.24. The van der Waals surface area contributed by atoms with Crippen LogP contribution in [0.2, 0.25) is 0 Å². The average molecular weight is 274 g/mol. The van der Waals surface area contributed by atoms with Crippen molar-refractivity contribution in [3.05, 3.63) is 35.4 Å². The molecule has 0 atom stereocenters. The summed E-state index contributed by atoms with van der Waals surface area (Å²) in [6.45, 7) is 5.98. The van der Waals surface area contributed by atoms with Gasteiger partial charge in [-0.25, -0.2) is 0 Å². The number of rotatable bonds is 4. The summed E-state index contributed by atoms with van der Waals surface area (Å²) in [4.78, 5) is 25.6. The predicted molar refractivity (Wildman–Crippen MR) is 78.3 cm³/mol. The molecule has 0 spiro atoms. The van der Waals surface area contributed by atoms with Crippen LogP contribution in [0, 0.1) is 5.92 Å². The number of hydrogen-bond donors (Lipinski definition) is 1. The Labute approximate surface area is 120 Å². The van der Waals surface area contributed by atoms with E-state index in [1.54, 1.807) is 0 Å². The van der Waals surface area contributed by atoms with E-state index in [1.165, 1.54) is 0 Å². The van der Waals surface area contributed by atoms with E-state index in [1.807, 2.05) is 43.0 Å². The quantitative estimate of drug-likeness (QED) is 0.915. The van der Waals surface area contributed by atoms with E-state index in [-0.39, 0.29) is 17.7 Å². The first-order valence-electron chi connectivity index (χ1n) is 7.24. The molecular formula is C16H22N2O2. The molecule has 4 heteroatoms. The number of carbonyl (C=O) groups is 2. The van der Waals surface area contributed by atoms with Crippen LogP contribution in [0.15, 0.2) is 24.3 Å². The first kappa shape index (κ1) is 14.6. The Bertz CT molecular complexity index is 474. The van der Waals surface area contributed by atoms with Crippen molar-refractivity contribution >= 4 is 11.8 Å². The number of benzene rings is 1. The van der Waals surface area contributed by atoms with Gasteiger partial charge < -0.3 is 10.2 Å². The van der Waals surface area contributed by atoms with Gasteiger partial charge in [0.15, 0.2) is 0 Å². The molecule has 0 saturated carbocycles. The van der Waals surface area contributed by atoms with Crippen LogP contribution in [0.4, 0.5) is 0 Å². The van der Waals surface area contributed by atoms with Gasteiger partial charge in [0, 0.05) is 31.1 Å². The van der Waals surface area contributed by atoms with Crippen LogP contribution in [0.25, 0.3) is 0 Å². The lowest BCUT2D eigenvalue weighted by atomic mass is 10.1. The van der Waals surface area contributed by atoms with Crippen molar-refractivity contribution in [3.8, 4) is 0 Å². The van der Waals surface area contributed by atoms with Gasteiger partial charge in [0.1, 0.15) is 0 Å². The first-order chi connectivity index (χ1) is 9.58. The molecule has 2 rings (SSSR count). The molecule has 1 aromatic rings. The molecule has 1 aliphatic rings. The second-order valence-corrected chi connectivity index (χ2v) is 5.57. The van der Waals surface area contributed by atoms with Gasteiger partial charge in [-0.15, -0.1) is 0 Å². The van der Waals surface area contributed by atoms with Crippen molar-refractivity contribution in [3.63, 3.8) is 0 Å². The van der Waals surface area contributed by atoms with E-state index in [0.29, 0.717) is 6.54 Å². The van der Waals surface area contributed by atoms with Gasteiger partial charge in [-0.2, -0.15) is 0 Å². The van der Waals surface area contributed by atoms with Crippen molar-refractivity contribution in [1.29, 1.82) is 0 Å². The summed E-state index contributed by atoms with van der Waals surface area (Å²) in [5.41, 5.74) is 1.74. The number of likely N-dealkylation sites (tertiary alicyclic amines) is 1. The van der Waals surface area contributed by atoms with Gasteiger partial charge >= 0.3 is 0 Å². The van der Waals surface area contributed by atoms with E-state index in [2.05, 4.69) is 5.32 Å². The topological polar surface area (TPSA) is 49.4 Å². The summed E-state index contributed by atoms with van der Waals surface area (Å²) < 4.78 is 0. The van der Waals surface area contributed by atoms with Crippen molar-refractivity contribution in [1.82, 2.24) is 10.2 Å². The third-order valence-corrected chi connectivity index (χ3v) is 3.59. The van der Waals surface area contributed by atoms with E-state index in [4.69, 9.17) is 0 Å². The molecule has 1 fully saturated rings. The minimum Gasteiger partial charge on any atom is -0.352 e. The summed E-state index contributed by atoms with van der Waals surface area (Å²) in [7, 11) is 0. The highest BCUT2D eigenvalue weighted by Gasteiger charge is 2.19. The number of hydrogen-bond acceptors (Lipinski definition) is 2. The Balaban J connectivity index is 1.92. The second-order valence-electron chi connectivity index (χ2n) is 5.57. The molecule has 108 valence electrons. The number of carbonyl (C=O) groups excluding carboxylic acids is 2. The average Bonchev–Trinajstić information content (AvgIpc) is 2.98. The summed E-state index contributed by atoms with van der Waals surface area (Å²) in [6, 6.07) is 7.50. The third-order valence-electron chi connectivity index (χ3n) is 3.59. The summed E-state index contributed by atoms with van der Waals surface area (Å²) in [6.07, 6.45) is 2.20. The van der Waals surface area contributed by atoms with Gasteiger partial charge in [-0.1, -0.05) is 26.0 Å². The Hall–Kier alpha value is -1.84. The van der Waals surface area contributed by atoms with Crippen LogP contribution in [0.3, 0.4) is 0 Å². The smallest absolute Gasteiger partial charge is 0.253 e. The van der Waals surface area contributed by atoms with Gasteiger partial charge in [0.05, 0.1) is 0 Å². The Morgan fingerprint density at radius 2 is 1.75 bits per heavy atom. The normalized spacial score (nSPS) is 14.7. The van der Waals surface area contributed by atoms with E-state index >= 15 is 0 Å². The largest absolute Gasteiger partial charge is 0.352 e. The molecule has 0 radical (unpaired) electrons. The lowest BCUT2D eigenvalue weighted by Crippen LogP contribution is -2.28. The third kappa shape index (κ3) is 3.59. The van der Waals surface area contributed by atoms with Crippen LogP contribution in [0.1, 0.15) is 42.6 Å². The molecule has 1 saturated heterocycles. The molecule has 0 aromatic heterocycles. The van der Waals surface area contributed by atoms with Crippen LogP contribution in [-0.4, -0.2) is 29.8 Å². The van der Waals surface area contributed by atoms with Gasteiger partial charge in [-0.05, 0) is 30.5 Å². The minimum atomic E-state index is -0.00832. The minimum absolute atomic E-state index is 0.00832. The molecule has 1 aliphatic heterocycles. The Kier molecular flexibility index (Phi) is 4.77. The standard InChI is InChI=1S/C16H22N2O2/c1-12(2)15(19)17-11-13-5-7-14(8-6-13)16(20)18-9-3-4-10-18/h5-8,12H,3-4,9-11H2,1-2H3,(H,17,19).